The summed E-state index contributed by atoms with van der Waals surface area (Å²) in [5.41, 5.74) is 6.27. The molecule has 10 nitrogen and oxygen atoms in total. The van der Waals surface area contributed by atoms with E-state index in [1.807, 2.05) is 71.6 Å². The van der Waals surface area contributed by atoms with Crippen LogP contribution in [0.25, 0.3) is 11.1 Å². The van der Waals surface area contributed by atoms with Crippen LogP contribution in [0.2, 0.25) is 0 Å². The Morgan fingerprint density at radius 3 is 2.20 bits per heavy atom. The van der Waals surface area contributed by atoms with E-state index in [0.717, 1.165) is 84.5 Å². The normalized spacial score (nSPS) is 15.6. The fourth-order valence-electron chi connectivity index (χ4n) is 7.06. The molecule has 2 fully saturated rings. The molecule has 0 spiro atoms. The van der Waals surface area contributed by atoms with Gasteiger partial charge in [0.15, 0.2) is 0 Å². The van der Waals surface area contributed by atoms with Gasteiger partial charge >= 0.3 is 6.09 Å². The predicted octanol–water partition coefficient (Wildman–Crippen LogP) is 6.49. The Morgan fingerprint density at radius 2 is 1.60 bits per heavy atom. The number of aryl methyl sites for hydroxylation is 2. The molecule has 1 saturated heterocycles. The van der Waals surface area contributed by atoms with Crippen molar-refractivity contribution in [2.24, 2.45) is 5.92 Å². The second kappa shape index (κ2) is 15.6. The predicted molar refractivity (Wildman–Crippen MR) is 197 cm³/mol. The number of anilines is 1. The minimum atomic E-state index is -0.514. The zero-order valence-electron chi connectivity index (χ0n) is 30.8. The molecule has 2 aliphatic rings. The molecule has 5 rings (SSSR count). The van der Waals surface area contributed by atoms with Crippen molar-refractivity contribution in [3.63, 3.8) is 0 Å². The summed E-state index contributed by atoms with van der Waals surface area (Å²) in [4.78, 5) is 61.5. The van der Waals surface area contributed by atoms with E-state index in [1.165, 1.54) is 0 Å². The maximum Gasteiger partial charge on any atom is 0.410 e. The maximum absolute atomic E-state index is 13.8. The number of ether oxygens (including phenoxy) is 1. The highest BCUT2D eigenvalue weighted by atomic mass is 16.6. The summed E-state index contributed by atoms with van der Waals surface area (Å²) in [7, 11) is 0. The van der Waals surface area contributed by atoms with Gasteiger partial charge in [0.25, 0.3) is 11.5 Å². The third kappa shape index (κ3) is 8.82. The molecule has 268 valence electrons. The lowest BCUT2D eigenvalue weighted by molar-refractivity contribution is -0.122. The van der Waals surface area contributed by atoms with E-state index in [-0.39, 0.29) is 35.9 Å². The van der Waals surface area contributed by atoms with Crippen molar-refractivity contribution in [3.8, 4) is 11.1 Å². The molecule has 1 saturated carbocycles. The van der Waals surface area contributed by atoms with Crippen molar-refractivity contribution < 1.29 is 19.1 Å². The minimum absolute atomic E-state index is 0.00296. The summed E-state index contributed by atoms with van der Waals surface area (Å²) in [6.07, 6.45) is 3.64. The highest BCUT2D eigenvalue weighted by Gasteiger charge is 2.30. The van der Waals surface area contributed by atoms with Crippen LogP contribution in [0.3, 0.4) is 0 Å². The maximum atomic E-state index is 13.8. The first kappa shape index (κ1) is 36.8. The van der Waals surface area contributed by atoms with E-state index in [1.54, 1.807) is 4.90 Å². The van der Waals surface area contributed by atoms with Gasteiger partial charge in [-0.3, -0.25) is 19.3 Å². The van der Waals surface area contributed by atoms with Gasteiger partial charge in [-0.2, -0.15) is 0 Å². The number of benzene rings is 2. The number of aromatic amines is 1. The van der Waals surface area contributed by atoms with Crippen LogP contribution in [0.1, 0.15) is 91.7 Å². The second-order valence-electron chi connectivity index (χ2n) is 14.8. The topological polar surface area (TPSA) is 115 Å². The molecule has 10 heteroatoms. The lowest BCUT2D eigenvalue weighted by atomic mass is 9.95. The first-order chi connectivity index (χ1) is 23.7. The van der Waals surface area contributed by atoms with Crippen LogP contribution in [-0.2, 0) is 22.6 Å². The molecular formula is C40H53N5O5. The van der Waals surface area contributed by atoms with Gasteiger partial charge in [0.1, 0.15) is 5.60 Å². The van der Waals surface area contributed by atoms with Gasteiger partial charge in [-0.25, -0.2) is 4.79 Å². The lowest BCUT2D eigenvalue weighted by Gasteiger charge is -2.35. The van der Waals surface area contributed by atoms with Crippen molar-refractivity contribution in [3.05, 3.63) is 86.3 Å². The van der Waals surface area contributed by atoms with Crippen LogP contribution in [0.15, 0.2) is 47.3 Å². The number of hydrogen-bond acceptors (Lipinski definition) is 6. The van der Waals surface area contributed by atoms with Gasteiger partial charge in [0, 0.05) is 74.2 Å². The number of H-pyrrole nitrogens is 1. The van der Waals surface area contributed by atoms with E-state index >= 15 is 0 Å². The Morgan fingerprint density at radius 1 is 0.940 bits per heavy atom. The van der Waals surface area contributed by atoms with E-state index in [4.69, 9.17) is 4.74 Å². The molecule has 0 atom stereocenters. The lowest BCUT2D eigenvalue weighted by Crippen LogP contribution is -2.49. The van der Waals surface area contributed by atoms with Gasteiger partial charge in [-0.15, -0.1) is 0 Å². The molecule has 2 heterocycles. The van der Waals surface area contributed by atoms with Gasteiger partial charge in [-0.05, 0) is 107 Å². The molecule has 2 N–H and O–H groups in total. The number of amides is 3. The molecular weight excluding hydrogens is 630 g/mol. The van der Waals surface area contributed by atoms with Crippen LogP contribution in [0.4, 0.5) is 10.5 Å². The summed E-state index contributed by atoms with van der Waals surface area (Å²) < 4.78 is 5.54. The number of hydrogen-bond donors (Lipinski definition) is 2. The van der Waals surface area contributed by atoms with Gasteiger partial charge in [-0.1, -0.05) is 37.1 Å². The molecule has 0 unspecified atom stereocenters. The largest absolute Gasteiger partial charge is 0.444 e. The van der Waals surface area contributed by atoms with Crippen LogP contribution in [0.5, 0.6) is 0 Å². The number of carbonyl (C=O) groups is 3. The fraction of sp³-hybridized carbons (Fsp3) is 0.500. The Kier molecular flexibility index (Phi) is 11.5. The number of nitrogens with one attached hydrogen (secondary N) is 2. The molecule has 1 aliphatic heterocycles. The van der Waals surface area contributed by atoms with E-state index in [9.17, 15) is 19.2 Å². The number of rotatable bonds is 9. The first-order valence-electron chi connectivity index (χ1n) is 18.0. The van der Waals surface area contributed by atoms with Crippen molar-refractivity contribution in [2.45, 2.75) is 92.8 Å². The Labute approximate surface area is 296 Å². The highest BCUT2D eigenvalue weighted by Crippen LogP contribution is 2.35. The summed E-state index contributed by atoms with van der Waals surface area (Å²) >= 11 is 0. The second-order valence-corrected chi connectivity index (χ2v) is 14.8. The van der Waals surface area contributed by atoms with Crippen LogP contribution in [-0.4, -0.2) is 71.0 Å². The number of aromatic nitrogens is 1. The smallest absolute Gasteiger partial charge is 0.410 e. The molecule has 0 radical (unpaired) electrons. The molecule has 50 heavy (non-hydrogen) atoms. The van der Waals surface area contributed by atoms with E-state index in [0.29, 0.717) is 30.8 Å². The molecule has 0 bridgehead atoms. The standard InChI is InChI=1S/C40H53N5O5/c1-8-45(38(48)31-11-9-10-12-31)35-23-32(22-33(28(35)4)36(46)41-24-34-26(2)21-27(3)42-37(34)47)30-15-13-29(14-16-30)25-43-17-19-44(20-18-43)39(49)50-40(5,6)7/h13-16,21-23,31H,8-12,17-20,24-25H2,1-7H3,(H,41,46)(H,42,47). The zero-order chi connectivity index (χ0) is 36.2. The first-order valence-corrected chi connectivity index (χ1v) is 18.0. The van der Waals surface area contributed by atoms with E-state index in [2.05, 4.69) is 39.5 Å². The van der Waals surface area contributed by atoms with Crippen molar-refractivity contribution in [2.75, 3.05) is 37.6 Å². The van der Waals surface area contributed by atoms with Crippen LogP contribution < -0.4 is 15.8 Å². The number of piperazine rings is 1. The quantitative estimate of drug-likeness (QED) is 0.267. The molecule has 1 aliphatic carbocycles. The summed E-state index contributed by atoms with van der Waals surface area (Å²) in [6, 6.07) is 14.1. The zero-order valence-corrected chi connectivity index (χ0v) is 30.8. The average Bonchev–Trinajstić information content (AvgIpc) is 3.60. The summed E-state index contributed by atoms with van der Waals surface area (Å²) in [5, 5.41) is 2.98. The fourth-order valence-corrected chi connectivity index (χ4v) is 7.06. The summed E-state index contributed by atoms with van der Waals surface area (Å²) in [5.74, 6) is -0.186. The van der Waals surface area contributed by atoms with Crippen molar-refractivity contribution >= 4 is 23.6 Å². The van der Waals surface area contributed by atoms with Gasteiger partial charge < -0.3 is 24.8 Å². The Bertz CT molecular complexity index is 1760. The third-order valence-electron chi connectivity index (χ3n) is 9.84. The molecule has 3 aromatic rings. The van der Waals surface area contributed by atoms with E-state index < -0.39 is 5.60 Å². The Balaban J connectivity index is 1.38. The molecule has 3 amide bonds. The number of pyridine rings is 1. The average molecular weight is 684 g/mol. The minimum Gasteiger partial charge on any atom is -0.444 e. The monoisotopic (exact) mass is 683 g/mol. The Hall–Kier alpha value is -4.44. The highest BCUT2D eigenvalue weighted by molar-refractivity contribution is 6.02. The SMILES string of the molecule is CCN(C(=O)C1CCCC1)c1cc(-c2ccc(CN3CCN(C(=O)OC(C)(C)C)CC3)cc2)cc(C(=O)NCc2c(C)cc(C)[nH]c2=O)c1C. The van der Waals surface area contributed by atoms with Crippen LogP contribution in [0, 0.1) is 26.7 Å². The third-order valence-corrected chi connectivity index (χ3v) is 9.84. The summed E-state index contributed by atoms with van der Waals surface area (Å²) in [6.45, 7) is 17.3. The molecule has 1 aromatic heterocycles. The van der Waals surface area contributed by atoms with Gasteiger partial charge in [0.05, 0.1) is 0 Å². The van der Waals surface area contributed by atoms with Crippen molar-refractivity contribution in [1.82, 2.24) is 20.1 Å². The van der Waals surface area contributed by atoms with Gasteiger partial charge in [0.2, 0.25) is 5.91 Å². The number of carbonyl (C=O) groups excluding carboxylic acids is 3. The molecule has 2 aromatic carbocycles. The van der Waals surface area contributed by atoms with Crippen LogP contribution >= 0.6 is 0 Å². The van der Waals surface area contributed by atoms with Crippen molar-refractivity contribution in [1.29, 1.82) is 0 Å². The number of nitrogens with zero attached hydrogens (tertiary/aromatic N) is 3.